The first-order valence-electron chi connectivity index (χ1n) is 6.41. The second kappa shape index (κ2) is 6.77. The second-order valence-corrected chi connectivity index (χ2v) is 6.76. The van der Waals surface area contributed by atoms with Crippen molar-refractivity contribution >= 4 is 9.30 Å². The van der Waals surface area contributed by atoms with E-state index in [1.165, 1.54) is 19.4 Å². The van der Waals surface area contributed by atoms with Crippen LogP contribution in [-0.2, 0) is 19.4 Å². The van der Waals surface area contributed by atoms with E-state index in [0.717, 1.165) is 0 Å². The zero-order chi connectivity index (χ0) is 15.5. The summed E-state index contributed by atoms with van der Waals surface area (Å²) in [5.74, 6) is 0. The number of hydrogen-bond acceptors (Lipinski definition) is 2. The van der Waals surface area contributed by atoms with Crippen molar-refractivity contribution in [2.24, 2.45) is 0 Å². The first kappa shape index (κ1) is 19.2. The Bertz CT molecular complexity index is 333. The summed E-state index contributed by atoms with van der Waals surface area (Å²) in [5, 5.41) is 13.1. The van der Waals surface area contributed by atoms with E-state index in [2.05, 4.69) is 41.6 Å². The Morgan fingerprint density at radius 3 is 2.11 bits per heavy atom. The van der Waals surface area contributed by atoms with Gasteiger partial charge in [-0.2, -0.15) is 0 Å². The Morgan fingerprint density at radius 1 is 1.32 bits per heavy atom. The van der Waals surface area contributed by atoms with Crippen LogP contribution in [0.25, 0.3) is 0 Å². The molecule has 0 saturated heterocycles. The molecule has 0 aromatic carbocycles. The van der Waals surface area contributed by atoms with Crippen molar-refractivity contribution in [1.29, 1.82) is 0 Å². The van der Waals surface area contributed by atoms with Gasteiger partial charge in [-0.3, -0.25) is 0 Å². The van der Waals surface area contributed by atoms with Gasteiger partial charge in [-0.1, -0.05) is 6.08 Å². The number of rotatable bonds is 2. The summed E-state index contributed by atoms with van der Waals surface area (Å²) in [6, 6.07) is 0. The van der Waals surface area contributed by atoms with E-state index >= 15 is 0 Å². The molecule has 1 aliphatic heterocycles. The molecule has 0 fully saturated rings. The molecule has 0 N–H and O–H groups in total. The number of halogens is 1. The van der Waals surface area contributed by atoms with Crippen LogP contribution in [0, 0.1) is 5.21 Å². The third kappa shape index (κ3) is 4.09. The van der Waals surface area contributed by atoms with Crippen molar-refractivity contribution < 1.29 is 24.0 Å². The maximum absolute atomic E-state index is 13.1. The van der Waals surface area contributed by atoms with Crippen LogP contribution >= 0.6 is 9.30 Å². The average molecular weight is 322 g/mol. The fraction of sp³-hybridized carbons (Fsp3) is 0.714. The zero-order valence-electron chi connectivity index (χ0n) is 12.9. The summed E-state index contributed by atoms with van der Waals surface area (Å²) >= 11 is 1.47. The standard InChI is InChI=1S/C14H26N2O.ClH.Ti/c1-8-9-12-15(13(2,3)4)10-11-16(12,17)14(5,6)7;;/h8,10-12H,1,9H2,2-7H3;1H;/q;;+1/p-1. The number of nitrogens with zero attached hydrogens (tertiary/aromatic N) is 2. The molecular weight excluding hydrogens is 295 g/mol. The molecule has 3 nitrogen and oxygen atoms in total. The van der Waals surface area contributed by atoms with Gasteiger partial charge in [-0.05, 0) is 41.5 Å². The Kier molecular flexibility index (Phi) is 6.85. The fourth-order valence-electron chi connectivity index (χ4n) is 2.31. The van der Waals surface area contributed by atoms with Gasteiger partial charge in [0.1, 0.15) is 6.20 Å². The van der Waals surface area contributed by atoms with Gasteiger partial charge in [0, 0.05) is 12.0 Å². The SMILES string of the molecule is C=CCC1N(C(C)(C)C)C=C[N+]1([O-])C(C)(C)C.[Cl][Ti]. The quantitative estimate of drug-likeness (QED) is 0.328. The van der Waals surface area contributed by atoms with Gasteiger partial charge in [-0.25, -0.2) is 0 Å². The molecule has 0 aliphatic carbocycles. The summed E-state index contributed by atoms with van der Waals surface area (Å²) in [5.41, 5.74) is -0.399. The van der Waals surface area contributed by atoms with Crippen LogP contribution in [0.4, 0.5) is 0 Å². The predicted molar refractivity (Wildman–Crippen MR) is 78.6 cm³/mol. The van der Waals surface area contributed by atoms with Gasteiger partial charge in [0.15, 0.2) is 6.17 Å². The van der Waals surface area contributed by atoms with Gasteiger partial charge in [-0.15, -0.1) is 6.58 Å². The molecule has 5 heteroatoms. The molecule has 1 rings (SSSR count). The van der Waals surface area contributed by atoms with E-state index < -0.39 is 0 Å². The molecule has 0 saturated carbocycles. The summed E-state index contributed by atoms with van der Waals surface area (Å²) in [6.45, 7) is 16.2. The van der Waals surface area contributed by atoms with Crippen LogP contribution in [0.2, 0.25) is 0 Å². The monoisotopic (exact) mass is 321 g/mol. The molecule has 0 bridgehead atoms. The number of hydroxylamine groups is 3. The maximum atomic E-state index is 13.1. The Morgan fingerprint density at radius 2 is 1.79 bits per heavy atom. The molecule has 2 unspecified atom stereocenters. The van der Waals surface area contributed by atoms with Crippen LogP contribution in [0.15, 0.2) is 25.1 Å². The molecule has 0 spiro atoms. The van der Waals surface area contributed by atoms with E-state index in [1.54, 1.807) is 6.20 Å². The van der Waals surface area contributed by atoms with Crippen LogP contribution in [0.3, 0.4) is 0 Å². The minimum absolute atomic E-state index is 0.0418. The molecule has 0 aromatic rings. The van der Waals surface area contributed by atoms with E-state index in [-0.39, 0.29) is 21.9 Å². The van der Waals surface area contributed by atoms with Crippen molar-refractivity contribution in [3.8, 4) is 0 Å². The van der Waals surface area contributed by atoms with Crippen LogP contribution in [0.1, 0.15) is 48.0 Å². The third-order valence-electron chi connectivity index (χ3n) is 3.41. The number of quaternary nitrogens is 1. The third-order valence-corrected chi connectivity index (χ3v) is 3.41. The molecule has 0 radical (unpaired) electrons. The second-order valence-electron chi connectivity index (χ2n) is 6.76. The Balaban J connectivity index is 0.00000154. The van der Waals surface area contributed by atoms with E-state index in [4.69, 9.17) is 0 Å². The van der Waals surface area contributed by atoms with Crippen LogP contribution < -0.4 is 0 Å². The van der Waals surface area contributed by atoms with Gasteiger partial charge >= 0.3 is 28.7 Å². The molecule has 1 aliphatic rings. The number of hydrogen-bond donors (Lipinski definition) is 0. The Labute approximate surface area is 133 Å². The van der Waals surface area contributed by atoms with Gasteiger partial charge in [0.2, 0.25) is 0 Å². The van der Waals surface area contributed by atoms with Crippen molar-refractivity contribution in [2.45, 2.75) is 65.2 Å². The van der Waals surface area contributed by atoms with Gasteiger partial charge in [0.05, 0.1) is 11.7 Å². The van der Waals surface area contributed by atoms with E-state index in [1.807, 2.05) is 33.0 Å². The van der Waals surface area contributed by atoms with Gasteiger partial charge in [0.25, 0.3) is 0 Å². The molecule has 1 heterocycles. The van der Waals surface area contributed by atoms with Crippen molar-refractivity contribution in [3.05, 3.63) is 30.3 Å². The van der Waals surface area contributed by atoms with Crippen LogP contribution in [-0.4, -0.2) is 26.8 Å². The average Bonchev–Trinajstić information content (AvgIpc) is 2.60. The Hall–Kier alpha value is 0.204. The van der Waals surface area contributed by atoms with Crippen molar-refractivity contribution in [3.63, 3.8) is 0 Å². The van der Waals surface area contributed by atoms with Crippen molar-refractivity contribution in [1.82, 2.24) is 4.90 Å². The van der Waals surface area contributed by atoms with Gasteiger partial charge < -0.3 is 14.8 Å². The molecule has 0 aromatic heterocycles. The summed E-state index contributed by atoms with van der Waals surface area (Å²) in [6.07, 6.45) is 6.16. The zero-order valence-corrected chi connectivity index (χ0v) is 15.2. The predicted octanol–water partition coefficient (Wildman–Crippen LogP) is 4.27. The molecule has 0 amide bonds. The first-order valence-corrected chi connectivity index (χ1v) is 8.56. The van der Waals surface area contributed by atoms with E-state index in [9.17, 15) is 5.21 Å². The minimum atomic E-state index is -0.357. The summed E-state index contributed by atoms with van der Waals surface area (Å²) < 4.78 is -0.309. The van der Waals surface area contributed by atoms with Crippen molar-refractivity contribution in [2.75, 3.05) is 0 Å². The molecule has 2 atom stereocenters. The topological polar surface area (TPSA) is 26.3 Å². The summed E-state index contributed by atoms with van der Waals surface area (Å²) in [7, 11) is 4.64. The molecule has 109 valence electrons. The summed E-state index contributed by atoms with van der Waals surface area (Å²) in [4.78, 5) is 2.16. The molecule has 19 heavy (non-hydrogen) atoms. The molecular formula is C14H26ClN2OTi. The normalized spacial score (nSPS) is 26.9. The van der Waals surface area contributed by atoms with Crippen LogP contribution in [0.5, 0.6) is 0 Å². The first-order chi connectivity index (χ1) is 8.54. The fourth-order valence-corrected chi connectivity index (χ4v) is 2.31. The van der Waals surface area contributed by atoms with E-state index in [0.29, 0.717) is 6.42 Å².